The number of carbonyl (C=O) groups is 2. The molecule has 1 aliphatic heterocycles. The molecule has 8 heteroatoms. The fourth-order valence-electron chi connectivity index (χ4n) is 5.67. The maximum absolute atomic E-state index is 13.9. The maximum Gasteiger partial charge on any atom is 0.239 e. The number of halogens is 2. The van der Waals surface area contributed by atoms with Crippen LogP contribution in [0.3, 0.4) is 0 Å². The van der Waals surface area contributed by atoms with E-state index in [0.717, 1.165) is 27.2 Å². The van der Waals surface area contributed by atoms with Gasteiger partial charge in [0.05, 0.1) is 31.9 Å². The molecule has 3 aromatic rings. The lowest BCUT2D eigenvalue weighted by Crippen LogP contribution is -2.56. The Labute approximate surface area is 200 Å². The van der Waals surface area contributed by atoms with Crippen LogP contribution in [0, 0.1) is 17.0 Å². The largest absolute Gasteiger partial charge is 0.733 e. The fourth-order valence-corrected chi connectivity index (χ4v) is 7.98. The van der Waals surface area contributed by atoms with Crippen molar-refractivity contribution in [3.63, 3.8) is 0 Å². The van der Waals surface area contributed by atoms with E-state index in [9.17, 15) is 20.0 Å². The first kappa shape index (κ1) is 20.1. The Hall–Kier alpha value is -2.52. The van der Waals surface area contributed by atoms with Gasteiger partial charge >= 0.3 is 0 Å². The fraction of sp³-hybridized carbons (Fsp3) is 0.167. The van der Waals surface area contributed by atoms with Gasteiger partial charge in [0.1, 0.15) is 0 Å². The van der Waals surface area contributed by atoms with E-state index in [-0.39, 0.29) is 28.4 Å². The lowest BCUT2D eigenvalue weighted by atomic mass is 9.54. The standard InChI is InChI=1S/C24H15Br2N2O4/c25-23-15-8-1-2-9-16(15)24(26,18-11-4-3-10-17(18)23)20-19(23)21(29)27(22(20)30)13-6-5-7-14(12-13)28(31)32/h1-12,19-20,31H/q-1/t19-,20-,23?,24?/m1/s1. The minimum Gasteiger partial charge on any atom is -0.733 e. The predicted octanol–water partition coefficient (Wildman–Crippen LogP) is 4.79. The molecular formula is C24H15Br2N2O4-. The average Bonchev–Trinajstić information content (AvgIpc) is 3.08. The molecule has 3 aromatic carbocycles. The maximum atomic E-state index is 13.9. The number of nitrogens with zero attached hydrogens (tertiary/aromatic N) is 2. The molecule has 0 radical (unpaired) electrons. The molecule has 0 spiro atoms. The monoisotopic (exact) mass is 553 g/mol. The third-order valence-electron chi connectivity index (χ3n) is 6.89. The van der Waals surface area contributed by atoms with Gasteiger partial charge in [0, 0.05) is 0 Å². The van der Waals surface area contributed by atoms with Gasteiger partial charge in [0.2, 0.25) is 11.8 Å². The Morgan fingerprint density at radius 1 is 0.781 bits per heavy atom. The van der Waals surface area contributed by atoms with E-state index in [2.05, 4.69) is 31.9 Å². The summed E-state index contributed by atoms with van der Waals surface area (Å²) < 4.78 is -1.75. The highest BCUT2D eigenvalue weighted by Crippen LogP contribution is 2.70. The molecule has 2 atom stereocenters. The van der Waals surface area contributed by atoms with Crippen molar-refractivity contribution in [1.82, 2.24) is 0 Å². The van der Waals surface area contributed by atoms with Gasteiger partial charge in [-0.15, -0.1) is 0 Å². The van der Waals surface area contributed by atoms with Crippen LogP contribution in [-0.4, -0.2) is 17.0 Å². The Kier molecular flexibility index (Phi) is 4.09. The Balaban J connectivity index is 1.62. The number of benzene rings is 3. The number of carbonyl (C=O) groups excluding carboxylic acids is 2. The van der Waals surface area contributed by atoms with Crippen LogP contribution in [-0.2, 0) is 18.2 Å². The first-order valence-electron chi connectivity index (χ1n) is 10.0. The highest BCUT2D eigenvalue weighted by atomic mass is 79.9. The number of alkyl halides is 2. The summed E-state index contributed by atoms with van der Waals surface area (Å²) >= 11 is 7.90. The van der Waals surface area contributed by atoms with Gasteiger partial charge in [-0.2, -0.15) is 0 Å². The summed E-state index contributed by atoms with van der Waals surface area (Å²) in [6.07, 6.45) is 0. The second-order valence-electron chi connectivity index (χ2n) is 8.27. The normalized spacial score (nSPS) is 29.6. The number of rotatable bonds is 2. The molecule has 7 rings (SSSR count). The second-order valence-corrected chi connectivity index (χ2v) is 10.8. The number of imide groups is 1. The van der Waals surface area contributed by atoms with Crippen molar-refractivity contribution in [3.05, 3.63) is 100 Å². The molecule has 0 unspecified atom stereocenters. The van der Waals surface area contributed by atoms with Crippen molar-refractivity contribution in [2.75, 3.05) is 10.1 Å². The summed E-state index contributed by atoms with van der Waals surface area (Å²) in [6, 6.07) is 21.6. The molecule has 2 bridgehead atoms. The van der Waals surface area contributed by atoms with Crippen molar-refractivity contribution in [2.45, 2.75) is 8.65 Å². The Morgan fingerprint density at radius 2 is 1.22 bits per heavy atom. The van der Waals surface area contributed by atoms with E-state index >= 15 is 0 Å². The van der Waals surface area contributed by atoms with Crippen molar-refractivity contribution in [3.8, 4) is 0 Å². The lowest BCUT2D eigenvalue weighted by molar-refractivity contribution is -0.122. The average molecular weight is 555 g/mol. The minimum atomic E-state index is -0.874. The summed E-state index contributed by atoms with van der Waals surface area (Å²) in [5.41, 5.74) is 4.00. The first-order valence-corrected chi connectivity index (χ1v) is 11.6. The van der Waals surface area contributed by atoms with E-state index in [0.29, 0.717) is 0 Å². The van der Waals surface area contributed by atoms with Crippen LogP contribution in [0.2, 0.25) is 0 Å². The SMILES string of the molecule is O=C1[C@H]2[C@H](C(=O)N1c1cccc(N([O-])O)c1)C1(Br)c3ccccc3C2(Br)c2ccccc21. The highest BCUT2D eigenvalue weighted by Gasteiger charge is 2.72. The predicted molar refractivity (Wildman–Crippen MR) is 126 cm³/mol. The van der Waals surface area contributed by atoms with Gasteiger partial charge in [-0.25, -0.2) is 4.90 Å². The van der Waals surface area contributed by atoms with Gasteiger partial charge in [0.15, 0.2) is 0 Å². The lowest BCUT2D eigenvalue weighted by Gasteiger charge is -2.55. The zero-order chi connectivity index (χ0) is 22.4. The zero-order valence-electron chi connectivity index (χ0n) is 16.4. The van der Waals surface area contributed by atoms with Crippen molar-refractivity contribution in [2.24, 2.45) is 11.8 Å². The van der Waals surface area contributed by atoms with Gasteiger partial charge < -0.3 is 10.4 Å². The van der Waals surface area contributed by atoms with Crippen LogP contribution >= 0.6 is 31.9 Å². The van der Waals surface area contributed by atoms with E-state index in [1.54, 1.807) is 6.07 Å². The topological polar surface area (TPSA) is 83.9 Å². The van der Waals surface area contributed by atoms with Crippen LogP contribution in [0.4, 0.5) is 11.4 Å². The number of hydrogen-bond donors (Lipinski definition) is 1. The summed E-state index contributed by atoms with van der Waals surface area (Å²) in [4.78, 5) is 28.9. The van der Waals surface area contributed by atoms with E-state index < -0.39 is 20.5 Å². The van der Waals surface area contributed by atoms with Crippen LogP contribution in [0.1, 0.15) is 22.3 Å². The molecule has 3 aliphatic carbocycles. The molecule has 2 amide bonds. The third kappa shape index (κ3) is 2.21. The Bertz CT molecular complexity index is 1200. The number of amides is 2. The molecular weight excluding hydrogens is 540 g/mol. The second kappa shape index (κ2) is 6.51. The van der Waals surface area contributed by atoms with Crippen LogP contribution in [0.5, 0.6) is 0 Å². The molecule has 4 aliphatic rings. The molecule has 0 aromatic heterocycles. The molecule has 1 fully saturated rings. The highest BCUT2D eigenvalue weighted by molar-refractivity contribution is 9.10. The molecule has 1 saturated heterocycles. The molecule has 6 nitrogen and oxygen atoms in total. The van der Waals surface area contributed by atoms with Crippen molar-refractivity contribution >= 4 is 55.0 Å². The number of anilines is 2. The van der Waals surface area contributed by atoms with E-state index in [1.807, 2.05) is 48.5 Å². The summed E-state index contributed by atoms with van der Waals surface area (Å²) in [5.74, 6) is -2.09. The van der Waals surface area contributed by atoms with Crippen molar-refractivity contribution in [1.29, 1.82) is 0 Å². The van der Waals surface area contributed by atoms with E-state index in [4.69, 9.17) is 0 Å². The third-order valence-corrected chi connectivity index (χ3v) is 9.59. The van der Waals surface area contributed by atoms with E-state index in [1.165, 1.54) is 18.2 Å². The molecule has 1 heterocycles. The van der Waals surface area contributed by atoms with Crippen LogP contribution < -0.4 is 10.1 Å². The van der Waals surface area contributed by atoms with Gasteiger partial charge in [-0.1, -0.05) is 86.5 Å². The molecule has 32 heavy (non-hydrogen) atoms. The van der Waals surface area contributed by atoms with Gasteiger partial charge in [-0.05, 0) is 40.5 Å². The zero-order valence-corrected chi connectivity index (χ0v) is 19.6. The first-order chi connectivity index (χ1) is 15.3. The summed E-state index contributed by atoms with van der Waals surface area (Å²) in [6.45, 7) is 0. The van der Waals surface area contributed by atoms with Gasteiger partial charge in [0.25, 0.3) is 0 Å². The Morgan fingerprint density at radius 3 is 1.62 bits per heavy atom. The van der Waals surface area contributed by atoms with Gasteiger partial charge in [-0.3, -0.25) is 14.8 Å². The quantitative estimate of drug-likeness (QED) is 0.280. The summed E-state index contributed by atoms with van der Waals surface area (Å²) in [7, 11) is 0. The van der Waals surface area contributed by atoms with Crippen LogP contribution in [0.25, 0.3) is 0 Å². The molecule has 160 valence electrons. The smallest absolute Gasteiger partial charge is 0.239 e. The van der Waals surface area contributed by atoms with Crippen molar-refractivity contribution < 1.29 is 14.8 Å². The van der Waals surface area contributed by atoms with Crippen LogP contribution in [0.15, 0.2) is 72.8 Å². The number of hydrogen-bond acceptors (Lipinski definition) is 5. The minimum absolute atomic E-state index is 0.0605. The summed E-state index contributed by atoms with van der Waals surface area (Å²) in [5, 5.41) is 20.4. The molecule has 1 N–H and O–H groups in total. The molecule has 0 saturated carbocycles.